The van der Waals surface area contributed by atoms with E-state index in [0.29, 0.717) is 12.2 Å². The van der Waals surface area contributed by atoms with Crippen LogP contribution in [0.1, 0.15) is 21.5 Å². The molecule has 0 saturated carbocycles. The number of para-hydroxylation sites is 1. The van der Waals surface area contributed by atoms with Gasteiger partial charge in [0.15, 0.2) is 0 Å². The molecule has 0 aliphatic carbocycles. The van der Waals surface area contributed by atoms with E-state index >= 15 is 0 Å². The van der Waals surface area contributed by atoms with Crippen LogP contribution in [0.2, 0.25) is 0 Å². The Labute approximate surface area is 122 Å². The molecule has 5 heteroatoms. The number of carboxylic acid groups (broad SMARTS) is 1. The first kappa shape index (κ1) is 14.7. The number of hydrogen-bond donors (Lipinski definition) is 3. The second kappa shape index (κ2) is 6.67. The highest BCUT2D eigenvalue weighted by molar-refractivity contribution is 6.01. The molecule has 4 N–H and O–H groups in total. The zero-order valence-corrected chi connectivity index (χ0v) is 11.4. The number of nitrogens with two attached hydrogens (primary N) is 1. The summed E-state index contributed by atoms with van der Waals surface area (Å²) < 4.78 is 0. The number of nitrogens with one attached hydrogen (secondary N) is 1. The van der Waals surface area contributed by atoms with Gasteiger partial charge < -0.3 is 16.2 Å². The van der Waals surface area contributed by atoms with Crippen molar-refractivity contribution in [3.8, 4) is 0 Å². The number of amides is 1. The van der Waals surface area contributed by atoms with Gasteiger partial charge in [0.05, 0.1) is 17.7 Å². The van der Waals surface area contributed by atoms with Crippen LogP contribution in [-0.4, -0.2) is 17.0 Å². The normalized spacial score (nSPS) is 10.1. The van der Waals surface area contributed by atoms with Crippen LogP contribution in [-0.2, 0) is 17.8 Å². The molecule has 0 fully saturated rings. The van der Waals surface area contributed by atoms with E-state index in [1.807, 2.05) is 24.3 Å². The molecule has 108 valence electrons. The van der Waals surface area contributed by atoms with Gasteiger partial charge in [0.2, 0.25) is 5.91 Å². The second-order valence-corrected chi connectivity index (χ2v) is 4.55. The summed E-state index contributed by atoms with van der Waals surface area (Å²) in [5.41, 5.74) is 7.73. The Morgan fingerprint density at radius 3 is 2.29 bits per heavy atom. The zero-order chi connectivity index (χ0) is 15.2. The third kappa shape index (κ3) is 3.67. The number of hydrogen-bond acceptors (Lipinski definition) is 3. The third-order valence-corrected chi connectivity index (χ3v) is 3.12. The topological polar surface area (TPSA) is 92.4 Å². The largest absolute Gasteiger partial charge is 0.478 e. The van der Waals surface area contributed by atoms with Crippen LogP contribution >= 0.6 is 0 Å². The highest BCUT2D eigenvalue weighted by atomic mass is 16.4. The standard InChI is InChI=1S/C16H16N2O3/c17-10-12-6-2-1-5-11(12)9-15(19)18-14-8-4-3-7-13(14)16(20)21/h1-8H,9-10,17H2,(H,18,19)(H,20,21). The van der Waals surface area contributed by atoms with Gasteiger partial charge in [0.25, 0.3) is 0 Å². The average Bonchev–Trinajstić information content (AvgIpc) is 2.48. The monoisotopic (exact) mass is 284 g/mol. The number of anilines is 1. The molecule has 5 nitrogen and oxygen atoms in total. The summed E-state index contributed by atoms with van der Waals surface area (Å²) in [6.45, 7) is 0.356. The minimum Gasteiger partial charge on any atom is -0.478 e. The van der Waals surface area contributed by atoms with Gasteiger partial charge in [-0.15, -0.1) is 0 Å². The first-order valence-electron chi connectivity index (χ1n) is 6.51. The summed E-state index contributed by atoms with van der Waals surface area (Å²) in [6.07, 6.45) is 0.154. The van der Waals surface area contributed by atoms with Crippen molar-refractivity contribution >= 4 is 17.6 Å². The van der Waals surface area contributed by atoms with E-state index in [1.165, 1.54) is 6.07 Å². The molecular formula is C16H16N2O3. The molecular weight excluding hydrogens is 268 g/mol. The maximum Gasteiger partial charge on any atom is 0.337 e. The Kier molecular flexibility index (Phi) is 4.68. The van der Waals surface area contributed by atoms with E-state index in [4.69, 9.17) is 10.8 Å². The highest BCUT2D eigenvalue weighted by Gasteiger charge is 2.12. The third-order valence-electron chi connectivity index (χ3n) is 3.12. The lowest BCUT2D eigenvalue weighted by atomic mass is 10.0. The predicted molar refractivity (Wildman–Crippen MR) is 80.1 cm³/mol. The summed E-state index contributed by atoms with van der Waals surface area (Å²) in [6, 6.07) is 13.7. The Morgan fingerprint density at radius 2 is 1.62 bits per heavy atom. The fourth-order valence-corrected chi connectivity index (χ4v) is 2.08. The molecule has 0 saturated heterocycles. The van der Waals surface area contributed by atoms with Crippen LogP contribution in [0, 0.1) is 0 Å². The van der Waals surface area contributed by atoms with Crippen LogP contribution in [0.5, 0.6) is 0 Å². The maximum absolute atomic E-state index is 12.1. The summed E-state index contributed by atoms with van der Waals surface area (Å²) in [7, 11) is 0. The first-order valence-corrected chi connectivity index (χ1v) is 6.51. The van der Waals surface area contributed by atoms with Crippen molar-refractivity contribution in [3.05, 3.63) is 65.2 Å². The van der Waals surface area contributed by atoms with E-state index < -0.39 is 5.97 Å². The van der Waals surface area contributed by atoms with Crippen molar-refractivity contribution in [2.45, 2.75) is 13.0 Å². The maximum atomic E-state index is 12.1. The lowest BCUT2D eigenvalue weighted by Gasteiger charge is -2.10. The molecule has 0 spiro atoms. The SMILES string of the molecule is NCc1ccccc1CC(=O)Nc1ccccc1C(=O)O. The van der Waals surface area contributed by atoms with Crippen molar-refractivity contribution in [2.24, 2.45) is 5.73 Å². The molecule has 21 heavy (non-hydrogen) atoms. The van der Waals surface area contributed by atoms with Crippen molar-refractivity contribution < 1.29 is 14.7 Å². The smallest absolute Gasteiger partial charge is 0.337 e. The van der Waals surface area contributed by atoms with Gasteiger partial charge in [-0.05, 0) is 23.3 Å². The highest BCUT2D eigenvalue weighted by Crippen LogP contribution is 2.16. The van der Waals surface area contributed by atoms with Gasteiger partial charge in [0, 0.05) is 6.54 Å². The minimum atomic E-state index is -1.08. The number of carbonyl (C=O) groups excluding carboxylic acids is 1. The van der Waals surface area contributed by atoms with Crippen LogP contribution in [0.15, 0.2) is 48.5 Å². The van der Waals surface area contributed by atoms with Gasteiger partial charge in [0.1, 0.15) is 0 Å². The van der Waals surface area contributed by atoms with Crippen LogP contribution in [0.25, 0.3) is 0 Å². The molecule has 0 atom stereocenters. The fourth-order valence-electron chi connectivity index (χ4n) is 2.08. The predicted octanol–water partition coefficient (Wildman–Crippen LogP) is 2.02. The van der Waals surface area contributed by atoms with Crippen molar-refractivity contribution in [1.82, 2.24) is 0 Å². The first-order chi connectivity index (χ1) is 10.1. The van der Waals surface area contributed by atoms with E-state index in [1.54, 1.807) is 18.2 Å². The number of benzene rings is 2. The van der Waals surface area contributed by atoms with Crippen LogP contribution in [0.4, 0.5) is 5.69 Å². The molecule has 2 aromatic rings. The van der Waals surface area contributed by atoms with Gasteiger partial charge in [-0.3, -0.25) is 4.79 Å². The van der Waals surface area contributed by atoms with Crippen LogP contribution in [0.3, 0.4) is 0 Å². The number of carbonyl (C=O) groups is 2. The molecule has 0 aromatic heterocycles. The van der Waals surface area contributed by atoms with E-state index in [0.717, 1.165) is 11.1 Å². The Bertz CT molecular complexity index is 668. The molecule has 0 bridgehead atoms. The van der Waals surface area contributed by atoms with Crippen molar-refractivity contribution in [2.75, 3.05) is 5.32 Å². The summed E-state index contributed by atoms with van der Waals surface area (Å²) in [5.74, 6) is -1.35. The Hall–Kier alpha value is -2.66. The number of rotatable bonds is 5. The van der Waals surface area contributed by atoms with E-state index in [9.17, 15) is 9.59 Å². The average molecular weight is 284 g/mol. The fraction of sp³-hybridized carbons (Fsp3) is 0.125. The summed E-state index contributed by atoms with van der Waals surface area (Å²) >= 11 is 0. The van der Waals surface area contributed by atoms with Gasteiger partial charge in [-0.1, -0.05) is 36.4 Å². The van der Waals surface area contributed by atoms with Crippen molar-refractivity contribution in [1.29, 1.82) is 0 Å². The summed E-state index contributed by atoms with van der Waals surface area (Å²) in [5, 5.41) is 11.7. The van der Waals surface area contributed by atoms with E-state index in [2.05, 4.69) is 5.32 Å². The number of aromatic carboxylic acids is 1. The van der Waals surface area contributed by atoms with Gasteiger partial charge in [-0.25, -0.2) is 4.79 Å². The molecule has 0 aliphatic heterocycles. The number of carboxylic acids is 1. The molecule has 2 aromatic carbocycles. The molecule has 0 aliphatic rings. The Morgan fingerprint density at radius 1 is 1.00 bits per heavy atom. The van der Waals surface area contributed by atoms with Gasteiger partial charge >= 0.3 is 5.97 Å². The minimum absolute atomic E-state index is 0.0676. The lowest BCUT2D eigenvalue weighted by molar-refractivity contribution is -0.115. The lowest BCUT2D eigenvalue weighted by Crippen LogP contribution is -2.18. The molecule has 0 unspecified atom stereocenters. The zero-order valence-electron chi connectivity index (χ0n) is 11.4. The Balaban J connectivity index is 2.14. The van der Waals surface area contributed by atoms with Crippen LogP contribution < -0.4 is 11.1 Å². The molecule has 0 heterocycles. The molecule has 2 rings (SSSR count). The van der Waals surface area contributed by atoms with Gasteiger partial charge in [-0.2, -0.15) is 0 Å². The quantitative estimate of drug-likeness (QED) is 0.783. The molecule has 1 amide bonds. The second-order valence-electron chi connectivity index (χ2n) is 4.55. The molecule has 0 radical (unpaired) electrons. The van der Waals surface area contributed by atoms with Crippen molar-refractivity contribution in [3.63, 3.8) is 0 Å². The summed E-state index contributed by atoms with van der Waals surface area (Å²) in [4.78, 5) is 23.2. The van der Waals surface area contributed by atoms with E-state index in [-0.39, 0.29) is 17.9 Å².